The molecule has 2 unspecified atom stereocenters. The van der Waals surface area contributed by atoms with Crippen molar-refractivity contribution in [3.05, 3.63) is 0 Å². The van der Waals surface area contributed by atoms with Crippen molar-refractivity contribution >= 4 is 53.2 Å². The van der Waals surface area contributed by atoms with Gasteiger partial charge in [0.15, 0.2) is 0 Å². The molecule has 0 heterocycles. The zero-order chi connectivity index (χ0) is 22.7. The van der Waals surface area contributed by atoms with E-state index < -0.39 is 72.7 Å². The Balaban J connectivity index is -0.000000211. The molecule has 0 amide bonds. The van der Waals surface area contributed by atoms with Crippen LogP contribution in [-0.4, -0.2) is 85.1 Å². The summed E-state index contributed by atoms with van der Waals surface area (Å²) < 4.78 is 0. The smallest absolute Gasteiger partial charge is 0.550 e. The summed E-state index contributed by atoms with van der Waals surface area (Å²) in [4.78, 5) is 67.5. The SMILES string of the molecule is O=C([O-])CC(O)(CC(=O)OO)C(=O)[O-].O=C([O-])CC(O)(CC(=O)OO)C(=O)[O-].[Al+3].[Na+]. The summed E-state index contributed by atoms with van der Waals surface area (Å²) in [5, 5.41) is 74.2. The summed E-state index contributed by atoms with van der Waals surface area (Å²) in [6.07, 6.45) is -5.19. The zero-order valence-corrected chi connectivity index (χ0v) is 18.2. The van der Waals surface area contributed by atoms with Crippen molar-refractivity contribution in [1.82, 2.24) is 0 Å². The topological polar surface area (TPSA) is 294 Å². The van der Waals surface area contributed by atoms with Gasteiger partial charge in [-0.15, -0.1) is 0 Å². The van der Waals surface area contributed by atoms with E-state index in [1.165, 1.54) is 0 Å². The van der Waals surface area contributed by atoms with Crippen LogP contribution in [-0.2, 0) is 38.5 Å². The maximum absolute atomic E-state index is 10.4. The molecule has 30 heavy (non-hydrogen) atoms. The number of carboxylic acids is 4. The largest absolute Gasteiger partial charge is 3.00 e. The molecule has 18 heteroatoms. The number of carbonyl (C=O) groups excluding carboxylic acids is 6. The normalized spacial score (nSPS) is 13.2. The number of carbonyl (C=O) groups is 6. The van der Waals surface area contributed by atoms with Crippen LogP contribution in [0.1, 0.15) is 25.7 Å². The summed E-state index contributed by atoms with van der Waals surface area (Å²) >= 11 is 0. The Labute approximate surface area is 198 Å². The fourth-order valence-electron chi connectivity index (χ4n) is 1.43. The van der Waals surface area contributed by atoms with E-state index in [1.807, 2.05) is 0 Å². The molecule has 0 saturated heterocycles. The summed E-state index contributed by atoms with van der Waals surface area (Å²) in [5.74, 6) is -11.1. The van der Waals surface area contributed by atoms with E-state index in [-0.39, 0.29) is 46.9 Å². The number of aliphatic carboxylic acids is 4. The Bertz CT molecular complexity index is 584. The zero-order valence-electron chi connectivity index (χ0n) is 15.1. The van der Waals surface area contributed by atoms with E-state index in [0.717, 1.165) is 0 Å². The van der Waals surface area contributed by atoms with Crippen molar-refractivity contribution in [2.24, 2.45) is 0 Å². The predicted octanol–water partition coefficient (Wildman–Crippen LogP) is -11.3. The molecule has 0 aliphatic carbocycles. The first-order valence-corrected chi connectivity index (χ1v) is 6.59. The van der Waals surface area contributed by atoms with Crippen LogP contribution < -0.4 is 50.0 Å². The van der Waals surface area contributed by atoms with Gasteiger partial charge in [-0.05, 0) is 0 Å². The number of hydrogen-bond acceptors (Lipinski definition) is 16. The molecule has 0 spiro atoms. The quantitative estimate of drug-likeness (QED) is 0.133. The monoisotopic (exact) mass is 462 g/mol. The van der Waals surface area contributed by atoms with Crippen LogP contribution in [0, 0.1) is 0 Å². The van der Waals surface area contributed by atoms with E-state index >= 15 is 0 Å². The fourth-order valence-corrected chi connectivity index (χ4v) is 1.43. The van der Waals surface area contributed by atoms with Gasteiger partial charge < -0.3 is 59.6 Å². The number of hydrogen-bond donors (Lipinski definition) is 4. The molecule has 0 radical (unpaired) electrons. The Morgan fingerprint density at radius 1 is 0.633 bits per heavy atom. The molecule has 0 rings (SSSR count). The van der Waals surface area contributed by atoms with E-state index in [1.54, 1.807) is 0 Å². The molecule has 160 valence electrons. The van der Waals surface area contributed by atoms with Gasteiger partial charge in [-0.25, -0.2) is 9.59 Å². The van der Waals surface area contributed by atoms with Crippen molar-refractivity contribution < 1.29 is 109 Å². The Morgan fingerprint density at radius 3 is 1.00 bits per heavy atom. The molecule has 0 aromatic carbocycles. The maximum atomic E-state index is 10.4. The van der Waals surface area contributed by atoms with Crippen molar-refractivity contribution in [2.45, 2.75) is 36.9 Å². The van der Waals surface area contributed by atoms with Crippen LogP contribution in [0.5, 0.6) is 0 Å². The van der Waals surface area contributed by atoms with E-state index in [2.05, 4.69) is 9.78 Å². The second kappa shape index (κ2) is 16.0. The third-order valence-electron chi connectivity index (χ3n) is 2.71. The van der Waals surface area contributed by atoms with Crippen molar-refractivity contribution in [1.29, 1.82) is 0 Å². The van der Waals surface area contributed by atoms with Gasteiger partial charge in [0.2, 0.25) is 0 Å². The molecule has 0 bridgehead atoms. The fraction of sp³-hybridized carbons (Fsp3) is 0.500. The van der Waals surface area contributed by atoms with Crippen LogP contribution in [0.25, 0.3) is 0 Å². The minimum atomic E-state index is -2.95. The van der Waals surface area contributed by atoms with Crippen molar-refractivity contribution in [2.75, 3.05) is 0 Å². The van der Waals surface area contributed by atoms with Crippen molar-refractivity contribution in [3.8, 4) is 0 Å². The number of aliphatic hydroxyl groups is 2. The average Bonchev–Trinajstić information content (AvgIpc) is 2.53. The van der Waals surface area contributed by atoms with Crippen LogP contribution in [0.3, 0.4) is 0 Å². The molecular formula is C12H12AlNaO16. The molecule has 0 aromatic rings. The van der Waals surface area contributed by atoms with Gasteiger partial charge >= 0.3 is 58.9 Å². The molecule has 4 N–H and O–H groups in total. The Kier molecular flexibility index (Phi) is 18.9. The number of carboxylic acid groups (broad SMARTS) is 4. The van der Waals surface area contributed by atoms with Crippen LogP contribution in [0.15, 0.2) is 0 Å². The predicted molar refractivity (Wildman–Crippen MR) is 71.6 cm³/mol. The van der Waals surface area contributed by atoms with E-state index in [9.17, 15) is 49.2 Å². The van der Waals surface area contributed by atoms with Gasteiger partial charge in [0, 0.05) is 24.8 Å². The molecule has 0 aliphatic rings. The molecule has 0 fully saturated rings. The van der Waals surface area contributed by atoms with E-state index in [0.29, 0.717) is 0 Å². The molecule has 0 aliphatic heterocycles. The minimum absolute atomic E-state index is 0. The first kappa shape index (κ1) is 35.6. The second-order valence-electron chi connectivity index (χ2n) is 5.02. The molecule has 2 atom stereocenters. The first-order valence-electron chi connectivity index (χ1n) is 6.59. The third kappa shape index (κ3) is 14.2. The average molecular weight is 462 g/mol. The van der Waals surface area contributed by atoms with Gasteiger partial charge in [-0.3, -0.25) is 0 Å². The first-order chi connectivity index (χ1) is 12.6. The van der Waals surface area contributed by atoms with Gasteiger partial charge in [-0.2, -0.15) is 10.5 Å². The Hall–Kier alpha value is -1.81. The van der Waals surface area contributed by atoms with Gasteiger partial charge in [0.05, 0.1) is 24.8 Å². The number of rotatable bonds is 10. The summed E-state index contributed by atoms with van der Waals surface area (Å²) in [6, 6.07) is 0. The van der Waals surface area contributed by atoms with Gasteiger partial charge in [0.1, 0.15) is 11.2 Å². The van der Waals surface area contributed by atoms with Crippen LogP contribution in [0.2, 0.25) is 0 Å². The molecular weight excluding hydrogens is 450 g/mol. The summed E-state index contributed by atoms with van der Waals surface area (Å²) in [7, 11) is 0. The van der Waals surface area contributed by atoms with Crippen LogP contribution in [0.4, 0.5) is 0 Å². The van der Waals surface area contributed by atoms with E-state index in [4.69, 9.17) is 20.7 Å². The molecule has 0 saturated carbocycles. The molecule has 0 aromatic heterocycles. The molecule has 16 nitrogen and oxygen atoms in total. The second-order valence-corrected chi connectivity index (χ2v) is 5.02. The minimum Gasteiger partial charge on any atom is -0.550 e. The van der Waals surface area contributed by atoms with Gasteiger partial charge in [-0.1, -0.05) is 0 Å². The summed E-state index contributed by atoms with van der Waals surface area (Å²) in [6.45, 7) is 0. The third-order valence-corrected chi connectivity index (χ3v) is 2.71. The van der Waals surface area contributed by atoms with Gasteiger partial charge in [0.25, 0.3) is 0 Å². The summed E-state index contributed by atoms with van der Waals surface area (Å²) in [5.41, 5.74) is -5.89. The maximum Gasteiger partial charge on any atom is 3.00 e. The Morgan fingerprint density at radius 2 is 0.867 bits per heavy atom. The standard InChI is InChI=1S/2C6H8O8.Al.Na/c2*7-3(8)1-6(12,5(10)11)2-4(9)14-13;;/h2*12-13H,1-2H2,(H,7,8)(H,10,11);;/q;;+3;+1/p-4. The van der Waals surface area contributed by atoms with Crippen molar-refractivity contribution in [3.63, 3.8) is 0 Å². The van der Waals surface area contributed by atoms with Crippen LogP contribution >= 0.6 is 0 Å².